The predicted octanol–water partition coefficient (Wildman–Crippen LogP) is 4.23. The summed E-state index contributed by atoms with van der Waals surface area (Å²) in [5.41, 5.74) is -1.03. The van der Waals surface area contributed by atoms with Gasteiger partial charge >= 0.3 is 6.36 Å². The molecule has 1 aromatic rings. The predicted molar refractivity (Wildman–Crippen MR) is 69.2 cm³/mol. The van der Waals surface area contributed by atoms with Crippen molar-refractivity contribution in [3.8, 4) is 5.75 Å². The second-order valence-corrected chi connectivity index (χ2v) is 5.63. The number of hydrogen-bond donors (Lipinski definition) is 1. The normalized spacial score (nSPS) is 31.1. The molecule has 1 aliphatic rings. The van der Waals surface area contributed by atoms with Gasteiger partial charge in [-0.1, -0.05) is 38.5 Å². The van der Waals surface area contributed by atoms with Crippen molar-refractivity contribution in [3.63, 3.8) is 0 Å². The Bertz CT molecular complexity index is 472. The van der Waals surface area contributed by atoms with Gasteiger partial charge in [-0.3, -0.25) is 0 Å². The SMILES string of the molecule is CC1CCCC(O)(c2ccccc2OC(F)(F)F)C1C. The largest absolute Gasteiger partial charge is 0.573 e. The fourth-order valence-corrected chi connectivity index (χ4v) is 3.06. The van der Waals surface area contributed by atoms with Gasteiger partial charge in [-0.25, -0.2) is 0 Å². The van der Waals surface area contributed by atoms with Gasteiger partial charge in [0.2, 0.25) is 0 Å². The maximum Gasteiger partial charge on any atom is 0.573 e. The van der Waals surface area contributed by atoms with Gasteiger partial charge in [0.15, 0.2) is 0 Å². The van der Waals surface area contributed by atoms with Gasteiger partial charge < -0.3 is 9.84 Å². The van der Waals surface area contributed by atoms with Crippen LogP contribution in [0.15, 0.2) is 24.3 Å². The molecule has 20 heavy (non-hydrogen) atoms. The highest BCUT2D eigenvalue weighted by molar-refractivity contribution is 5.39. The lowest BCUT2D eigenvalue weighted by Gasteiger charge is -2.42. The Labute approximate surface area is 116 Å². The first kappa shape index (κ1) is 15.2. The van der Waals surface area contributed by atoms with Crippen molar-refractivity contribution in [1.82, 2.24) is 0 Å². The van der Waals surface area contributed by atoms with Crippen molar-refractivity contribution >= 4 is 0 Å². The molecule has 3 unspecified atom stereocenters. The average molecular weight is 288 g/mol. The Balaban J connectivity index is 2.41. The average Bonchev–Trinajstić information content (AvgIpc) is 2.34. The summed E-state index contributed by atoms with van der Waals surface area (Å²) in [5, 5.41) is 10.9. The molecule has 2 nitrogen and oxygen atoms in total. The molecular weight excluding hydrogens is 269 g/mol. The van der Waals surface area contributed by atoms with Crippen molar-refractivity contribution in [2.24, 2.45) is 11.8 Å². The molecule has 0 amide bonds. The first-order valence-corrected chi connectivity index (χ1v) is 6.81. The Hall–Kier alpha value is -1.23. The number of rotatable bonds is 2. The van der Waals surface area contributed by atoms with Gasteiger partial charge in [-0.05, 0) is 30.7 Å². The van der Waals surface area contributed by atoms with Gasteiger partial charge in [0.05, 0.1) is 5.60 Å². The highest BCUT2D eigenvalue weighted by atomic mass is 19.4. The summed E-state index contributed by atoms with van der Waals surface area (Å²) in [7, 11) is 0. The molecule has 0 spiro atoms. The molecule has 1 aliphatic carbocycles. The highest BCUT2D eigenvalue weighted by Gasteiger charge is 2.44. The highest BCUT2D eigenvalue weighted by Crippen LogP contribution is 2.47. The molecule has 0 saturated heterocycles. The lowest BCUT2D eigenvalue weighted by Crippen LogP contribution is -2.41. The number of aliphatic hydroxyl groups is 1. The smallest absolute Gasteiger partial charge is 0.405 e. The van der Waals surface area contributed by atoms with Crippen LogP contribution in [0.25, 0.3) is 0 Å². The first-order valence-electron chi connectivity index (χ1n) is 6.81. The minimum atomic E-state index is -4.75. The van der Waals surface area contributed by atoms with Gasteiger partial charge in [-0.2, -0.15) is 0 Å². The van der Waals surface area contributed by atoms with E-state index in [9.17, 15) is 18.3 Å². The Kier molecular flexibility index (Phi) is 4.00. The quantitative estimate of drug-likeness (QED) is 0.882. The lowest BCUT2D eigenvalue weighted by molar-refractivity contribution is -0.275. The van der Waals surface area contributed by atoms with Crippen LogP contribution in [0.4, 0.5) is 13.2 Å². The first-order chi connectivity index (χ1) is 9.24. The van der Waals surface area contributed by atoms with Crippen LogP contribution in [-0.4, -0.2) is 11.5 Å². The number of benzene rings is 1. The van der Waals surface area contributed by atoms with Crippen molar-refractivity contribution in [3.05, 3.63) is 29.8 Å². The summed E-state index contributed by atoms with van der Waals surface area (Å²) in [6.07, 6.45) is -2.53. The number of alkyl halides is 3. The minimum absolute atomic E-state index is 0.116. The van der Waals surface area contributed by atoms with Crippen molar-refractivity contribution in [2.45, 2.75) is 45.1 Å². The molecule has 1 saturated carbocycles. The van der Waals surface area contributed by atoms with Gasteiger partial charge in [0.25, 0.3) is 0 Å². The van der Waals surface area contributed by atoms with E-state index in [-0.39, 0.29) is 23.1 Å². The minimum Gasteiger partial charge on any atom is -0.405 e. The van der Waals surface area contributed by atoms with E-state index in [2.05, 4.69) is 4.74 Å². The van der Waals surface area contributed by atoms with Crippen LogP contribution in [0.3, 0.4) is 0 Å². The maximum absolute atomic E-state index is 12.5. The van der Waals surface area contributed by atoms with Crippen LogP contribution in [0, 0.1) is 11.8 Å². The zero-order valence-corrected chi connectivity index (χ0v) is 11.6. The van der Waals surface area contributed by atoms with E-state index in [4.69, 9.17) is 0 Å². The van der Waals surface area contributed by atoms with E-state index in [1.54, 1.807) is 6.07 Å². The van der Waals surface area contributed by atoms with Crippen molar-refractivity contribution < 1.29 is 23.0 Å². The van der Waals surface area contributed by atoms with Gasteiger partial charge in [0.1, 0.15) is 5.75 Å². The van der Waals surface area contributed by atoms with Crippen LogP contribution in [-0.2, 0) is 5.60 Å². The van der Waals surface area contributed by atoms with Crippen LogP contribution >= 0.6 is 0 Å². The van der Waals surface area contributed by atoms with Crippen molar-refractivity contribution in [2.75, 3.05) is 0 Å². The summed E-state index contributed by atoms with van der Waals surface area (Å²) >= 11 is 0. The summed E-state index contributed by atoms with van der Waals surface area (Å²) in [5.74, 6) is -0.162. The number of para-hydroxylation sites is 1. The number of hydrogen-bond acceptors (Lipinski definition) is 2. The molecule has 0 heterocycles. The molecule has 3 atom stereocenters. The zero-order valence-electron chi connectivity index (χ0n) is 11.6. The summed E-state index contributed by atoms with van der Waals surface area (Å²) in [6.45, 7) is 3.90. The second kappa shape index (κ2) is 5.28. The van der Waals surface area contributed by atoms with E-state index < -0.39 is 12.0 Å². The van der Waals surface area contributed by atoms with E-state index in [1.807, 2.05) is 13.8 Å². The topological polar surface area (TPSA) is 29.5 Å². The standard InChI is InChI=1S/C15H19F3O2/c1-10-6-5-9-14(19,11(10)2)12-7-3-4-8-13(12)20-15(16,17)18/h3-4,7-8,10-11,19H,5-6,9H2,1-2H3. The summed E-state index contributed by atoms with van der Waals surface area (Å²) < 4.78 is 41.5. The molecule has 1 fully saturated rings. The Morgan fingerprint density at radius 2 is 1.90 bits per heavy atom. The number of ether oxygens (including phenoxy) is 1. The third-order valence-electron chi connectivity index (χ3n) is 4.40. The molecule has 112 valence electrons. The molecule has 5 heteroatoms. The fourth-order valence-electron chi connectivity index (χ4n) is 3.06. The van der Waals surface area contributed by atoms with E-state index in [0.717, 1.165) is 12.8 Å². The second-order valence-electron chi connectivity index (χ2n) is 5.63. The number of halogens is 3. The monoisotopic (exact) mass is 288 g/mol. The summed E-state index contributed by atoms with van der Waals surface area (Å²) in [6, 6.07) is 5.88. The maximum atomic E-state index is 12.5. The Morgan fingerprint density at radius 3 is 2.55 bits per heavy atom. The zero-order chi connectivity index (χ0) is 15.0. The molecule has 0 aromatic heterocycles. The Morgan fingerprint density at radius 1 is 1.25 bits per heavy atom. The van der Waals surface area contributed by atoms with Crippen LogP contribution in [0.2, 0.25) is 0 Å². The van der Waals surface area contributed by atoms with Gasteiger partial charge in [0, 0.05) is 5.56 Å². The molecule has 1 N–H and O–H groups in total. The lowest BCUT2D eigenvalue weighted by atomic mass is 9.67. The van der Waals surface area contributed by atoms with E-state index >= 15 is 0 Å². The molecule has 0 bridgehead atoms. The third kappa shape index (κ3) is 2.92. The van der Waals surface area contributed by atoms with Crippen LogP contribution in [0.1, 0.15) is 38.7 Å². The third-order valence-corrected chi connectivity index (χ3v) is 4.40. The summed E-state index contributed by atoms with van der Waals surface area (Å²) in [4.78, 5) is 0. The fraction of sp³-hybridized carbons (Fsp3) is 0.600. The van der Waals surface area contributed by atoms with E-state index in [0.29, 0.717) is 6.42 Å². The van der Waals surface area contributed by atoms with Crippen molar-refractivity contribution in [1.29, 1.82) is 0 Å². The van der Waals surface area contributed by atoms with Crippen LogP contribution < -0.4 is 4.74 Å². The molecule has 0 aliphatic heterocycles. The molecule has 1 aromatic carbocycles. The van der Waals surface area contributed by atoms with Crippen LogP contribution in [0.5, 0.6) is 5.75 Å². The van der Waals surface area contributed by atoms with E-state index in [1.165, 1.54) is 18.2 Å². The molecular formula is C15H19F3O2. The molecule has 2 rings (SSSR count). The molecule has 0 radical (unpaired) electrons. The van der Waals surface area contributed by atoms with Gasteiger partial charge in [-0.15, -0.1) is 13.2 Å².